The highest BCUT2D eigenvalue weighted by Crippen LogP contribution is 2.28. The first-order valence-electron chi connectivity index (χ1n) is 10.3. The zero-order valence-electron chi connectivity index (χ0n) is 17.2. The maximum Gasteiger partial charge on any atom is 0.326 e. The third-order valence-corrected chi connectivity index (χ3v) is 6.13. The largest absolute Gasteiger partial charge is 0.480 e. The smallest absolute Gasteiger partial charge is 0.326 e. The lowest BCUT2D eigenvalue weighted by molar-refractivity contribution is -0.139. The van der Waals surface area contributed by atoms with Gasteiger partial charge in [-0.05, 0) is 29.8 Å². The Morgan fingerprint density at radius 3 is 2.55 bits per heavy atom. The second kappa shape index (κ2) is 8.89. The number of piperazine rings is 1. The van der Waals surface area contributed by atoms with Gasteiger partial charge in [-0.1, -0.05) is 42.8 Å². The Hall–Kier alpha value is -3.19. The molecule has 2 amide bonds. The number of aromatic nitrogens is 1. The lowest BCUT2D eigenvalue weighted by atomic mass is 9.93. The molecule has 2 heterocycles. The van der Waals surface area contributed by atoms with Crippen molar-refractivity contribution in [1.29, 1.82) is 0 Å². The van der Waals surface area contributed by atoms with E-state index in [9.17, 15) is 14.7 Å². The van der Waals surface area contributed by atoms with Gasteiger partial charge in [-0.15, -0.1) is 0 Å². The fourth-order valence-electron chi connectivity index (χ4n) is 4.12. The van der Waals surface area contributed by atoms with Gasteiger partial charge in [0.05, 0.1) is 0 Å². The van der Waals surface area contributed by atoms with Gasteiger partial charge in [0, 0.05) is 59.9 Å². The molecule has 162 valence electrons. The first-order valence-corrected chi connectivity index (χ1v) is 10.7. The summed E-state index contributed by atoms with van der Waals surface area (Å²) in [4.78, 5) is 31.9. The fraction of sp³-hybridized carbons (Fsp3) is 0.304. The van der Waals surface area contributed by atoms with E-state index in [2.05, 4.69) is 15.2 Å². The fourth-order valence-corrected chi connectivity index (χ4v) is 4.30. The van der Waals surface area contributed by atoms with Crippen LogP contribution in [-0.2, 0) is 4.79 Å². The summed E-state index contributed by atoms with van der Waals surface area (Å²) in [5.74, 6) is -1.45. The van der Waals surface area contributed by atoms with Crippen LogP contribution in [0.5, 0.6) is 0 Å². The molecule has 2 atom stereocenters. The number of aromatic amines is 1. The first kappa shape index (κ1) is 21.1. The number of carbonyl (C=O) groups is 2. The number of carboxylic acid groups (broad SMARTS) is 1. The van der Waals surface area contributed by atoms with Gasteiger partial charge in [0.25, 0.3) is 0 Å². The van der Waals surface area contributed by atoms with Gasteiger partial charge in [0.15, 0.2) is 0 Å². The summed E-state index contributed by atoms with van der Waals surface area (Å²) < 4.78 is 0. The van der Waals surface area contributed by atoms with E-state index in [-0.39, 0.29) is 6.03 Å². The summed E-state index contributed by atoms with van der Waals surface area (Å²) in [7, 11) is 0. The number of para-hydroxylation sites is 1. The third kappa shape index (κ3) is 4.46. The van der Waals surface area contributed by atoms with Crippen molar-refractivity contribution in [3.63, 3.8) is 0 Å². The average Bonchev–Trinajstić information content (AvgIpc) is 3.21. The maximum absolute atomic E-state index is 12.9. The molecule has 1 aliphatic heterocycles. The normalized spacial score (nSPS) is 16.2. The summed E-state index contributed by atoms with van der Waals surface area (Å²) in [6.45, 7) is 4.15. The number of fused-ring (bicyclic) bond motifs is 1. The number of carbonyl (C=O) groups excluding carboxylic acids is 1. The van der Waals surface area contributed by atoms with Gasteiger partial charge in [0.1, 0.15) is 6.04 Å². The molecule has 4 rings (SSSR count). The number of hydrogen-bond donors (Lipinski definition) is 3. The number of urea groups is 1. The number of benzene rings is 2. The Morgan fingerprint density at radius 2 is 1.84 bits per heavy atom. The molecule has 3 N–H and O–H groups in total. The van der Waals surface area contributed by atoms with Crippen LogP contribution in [0.1, 0.15) is 18.4 Å². The molecule has 0 unspecified atom stereocenters. The number of hydrogen-bond acceptors (Lipinski definition) is 3. The minimum absolute atomic E-state index is 0.357. The van der Waals surface area contributed by atoms with Crippen molar-refractivity contribution in [2.24, 2.45) is 0 Å². The number of anilines is 1. The van der Waals surface area contributed by atoms with E-state index >= 15 is 0 Å². The Bertz CT molecular complexity index is 1090. The number of nitrogens with one attached hydrogen (secondary N) is 2. The van der Waals surface area contributed by atoms with E-state index in [1.54, 1.807) is 4.90 Å². The first-order chi connectivity index (χ1) is 14.9. The molecule has 0 saturated carbocycles. The topological polar surface area (TPSA) is 88.7 Å². The molecule has 1 aliphatic rings. The van der Waals surface area contributed by atoms with Crippen molar-refractivity contribution in [3.8, 4) is 0 Å². The van der Waals surface area contributed by atoms with Crippen LogP contribution in [0.2, 0.25) is 5.02 Å². The second-order valence-electron chi connectivity index (χ2n) is 7.80. The van der Waals surface area contributed by atoms with Crippen LogP contribution in [0, 0.1) is 0 Å². The molecule has 1 aromatic heterocycles. The van der Waals surface area contributed by atoms with Crippen LogP contribution in [-0.4, -0.2) is 59.2 Å². The Kier molecular flexibility index (Phi) is 6.04. The second-order valence-corrected chi connectivity index (χ2v) is 8.23. The highest BCUT2D eigenvalue weighted by Gasteiger charge is 2.31. The molecule has 0 spiro atoms. The van der Waals surface area contributed by atoms with E-state index < -0.39 is 17.9 Å². The van der Waals surface area contributed by atoms with Crippen LogP contribution in [0.25, 0.3) is 10.9 Å². The molecule has 31 heavy (non-hydrogen) atoms. The van der Waals surface area contributed by atoms with Crippen molar-refractivity contribution in [2.45, 2.75) is 18.9 Å². The Balaban J connectivity index is 1.42. The number of carboxylic acids is 1. The molecule has 0 bridgehead atoms. The van der Waals surface area contributed by atoms with E-state index in [0.717, 1.165) is 22.2 Å². The number of H-pyrrole nitrogens is 1. The zero-order valence-corrected chi connectivity index (χ0v) is 18.0. The van der Waals surface area contributed by atoms with Crippen LogP contribution < -0.4 is 10.2 Å². The van der Waals surface area contributed by atoms with Gasteiger partial charge in [-0.25, -0.2) is 9.59 Å². The molecule has 1 saturated heterocycles. The summed E-state index contributed by atoms with van der Waals surface area (Å²) in [6.07, 6.45) is 1.82. The molecule has 2 aromatic carbocycles. The van der Waals surface area contributed by atoms with Crippen molar-refractivity contribution >= 4 is 40.2 Å². The molecular formula is C23H25ClN4O3. The number of nitrogens with zero attached hydrogens (tertiary/aromatic N) is 2. The lowest BCUT2D eigenvalue weighted by Gasteiger charge is -2.37. The van der Waals surface area contributed by atoms with E-state index in [0.29, 0.717) is 31.2 Å². The molecule has 7 nitrogen and oxygen atoms in total. The predicted octanol–water partition coefficient (Wildman–Crippen LogP) is 3.91. The van der Waals surface area contributed by atoms with Crippen molar-refractivity contribution in [2.75, 3.05) is 31.1 Å². The zero-order chi connectivity index (χ0) is 22.0. The maximum atomic E-state index is 12.9. The van der Waals surface area contributed by atoms with Crippen LogP contribution in [0.15, 0.2) is 54.7 Å². The SMILES string of the molecule is C[C@@H](c1c[nH]c2ccccc12)[C@@H](NC(=O)N1CCN(c2cccc(Cl)c2)CC1)C(=O)O. The lowest BCUT2D eigenvalue weighted by Crippen LogP contribution is -2.55. The number of rotatable bonds is 5. The monoisotopic (exact) mass is 440 g/mol. The number of aliphatic carboxylic acids is 1. The van der Waals surface area contributed by atoms with E-state index in [1.807, 2.05) is 61.7 Å². The summed E-state index contributed by atoms with van der Waals surface area (Å²) in [5.41, 5.74) is 2.83. The van der Waals surface area contributed by atoms with Gasteiger partial charge in [0.2, 0.25) is 0 Å². The molecule has 1 fully saturated rings. The predicted molar refractivity (Wildman–Crippen MR) is 122 cm³/mol. The summed E-state index contributed by atoms with van der Waals surface area (Å²) >= 11 is 6.08. The number of amides is 2. The van der Waals surface area contributed by atoms with Crippen molar-refractivity contribution < 1.29 is 14.7 Å². The molecule has 0 radical (unpaired) electrons. The quantitative estimate of drug-likeness (QED) is 0.561. The third-order valence-electron chi connectivity index (χ3n) is 5.90. The van der Waals surface area contributed by atoms with Gasteiger partial charge in [-0.2, -0.15) is 0 Å². The standard InChI is InChI=1S/C23H25ClN4O3/c1-15(19-14-25-20-8-3-2-7-18(19)20)21(22(29)30)26-23(31)28-11-9-27(10-12-28)17-6-4-5-16(24)13-17/h2-8,13-15,21,25H,9-12H2,1H3,(H,26,31)(H,29,30)/t15-,21+/m0/s1. The Morgan fingerprint density at radius 1 is 1.10 bits per heavy atom. The molecule has 8 heteroatoms. The van der Waals surface area contributed by atoms with Crippen LogP contribution >= 0.6 is 11.6 Å². The minimum Gasteiger partial charge on any atom is -0.480 e. The van der Waals surface area contributed by atoms with Gasteiger partial charge in [-0.3, -0.25) is 0 Å². The average molecular weight is 441 g/mol. The minimum atomic E-state index is -1.05. The summed E-state index contributed by atoms with van der Waals surface area (Å²) in [5, 5.41) is 14.2. The van der Waals surface area contributed by atoms with Crippen LogP contribution in [0.4, 0.5) is 10.5 Å². The molecule has 3 aromatic rings. The van der Waals surface area contributed by atoms with Crippen molar-refractivity contribution in [1.82, 2.24) is 15.2 Å². The van der Waals surface area contributed by atoms with Gasteiger partial charge < -0.3 is 25.2 Å². The Labute approximate surface area is 185 Å². The van der Waals surface area contributed by atoms with Gasteiger partial charge >= 0.3 is 12.0 Å². The van der Waals surface area contributed by atoms with Crippen molar-refractivity contribution in [3.05, 3.63) is 65.3 Å². The highest BCUT2D eigenvalue weighted by atomic mass is 35.5. The number of halogens is 1. The molecular weight excluding hydrogens is 416 g/mol. The molecule has 0 aliphatic carbocycles. The van der Waals surface area contributed by atoms with Crippen LogP contribution in [0.3, 0.4) is 0 Å². The summed E-state index contributed by atoms with van der Waals surface area (Å²) in [6, 6.07) is 14.0. The van der Waals surface area contributed by atoms with E-state index in [4.69, 9.17) is 11.6 Å². The highest BCUT2D eigenvalue weighted by molar-refractivity contribution is 6.30. The van der Waals surface area contributed by atoms with E-state index in [1.165, 1.54) is 0 Å².